The molecule has 2 rings (SSSR count). The van der Waals surface area contributed by atoms with Gasteiger partial charge in [0.1, 0.15) is 0 Å². The molecule has 0 amide bonds. The average molecular weight is 350 g/mol. The first-order valence-corrected chi connectivity index (χ1v) is 5.99. The predicted molar refractivity (Wildman–Crippen MR) is 86.8 cm³/mol. The van der Waals surface area contributed by atoms with Crippen LogP contribution < -0.4 is 0 Å². The van der Waals surface area contributed by atoms with Crippen LogP contribution in [0.4, 0.5) is 0 Å². The topological polar surface area (TPSA) is 20.2 Å². The molecule has 0 aromatic heterocycles. The quantitative estimate of drug-likeness (QED) is 0.573. The standard InChI is InChI=1S/C9H13.C7H8O.2ClH.Ti/c1-6-5-7(2)9(4)8(6)3;8-6-7-4-2-1-3-5-7;;;/h6H,1-4H3;1-5,8H,6H2;2*1H;/q-1;;;;. The van der Waals surface area contributed by atoms with Gasteiger partial charge in [0.05, 0.1) is 6.61 Å². The summed E-state index contributed by atoms with van der Waals surface area (Å²) in [4.78, 5) is 0. The minimum Gasteiger partial charge on any atom is -0.392 e. The molecule has 1 nitrogen and oxygen atoms in total. The van der Waals surface area contributed by atoms with Gasteiger partial charge in [0.2, 0.25) is 0 Å². The molecule has 0 bridgehead atoms. The van der Waals surface area contributed by atoms with Crippen molar-refractivity contribution >= 4 is 24.8 Å². The summed E-state index contributed by atoms with van der Waals surface area (Å²) in [6.07, 6.45) is 3.36. The molecule has 1 N–H and O–H groups in total. The Morgan fingerprint density at radius 3 is 1.75 bits per heavy atom. The van der Waals surface area contributed by atoms with E-state index in [0.717, 1.165) is 5.56 Å². The molecule has 1 aliphatic carbocycles. The van der Waals surface area contributed by atoms with Gasteiger partial charge in [0, 0.05) is 21.7 Å². The van der Waals surface area contributed by atoms with Crippen molar-refractivity contribution in [3.63, 3.8) is 0 Å². The minimum atomic E-state index is 0. The number of halogens is 2. The molecule has 112 valence electrons. The number of aliphatic hydroxyl groups is 1. The van der Waals surface area contributed by atoms with Gasteiger partial charge in [-0.15, -0.1) is 31.7 Å². The van der Waals surface area contributed by atoms with Gasteiger partial charge in [-0.3, -0.25) is 6.08 Å². The van der Waals surface area contributed by atoms with Crippen LogP contribution in [-0.4, -0.2) is 5.11 Å². The molecule has 4 heteroatoms. The number of hydrogen-bond acceptors (Lipinski definition) is 1. The maximum atomic E-state index is 8.54. The number of hydrogen-bond donors (Lipinski definition) is 1. The van der Waals surface area contributed by atoms with Crippen LogP contribution in [0.25, 0.3) is 0 Å². The molecule has 20 heavy (non-hydrogen) atoms. The summed E-state index contributed by atoms with van der Waals surface area (Å²) in [5.41, 5.74) is 5.21. The molecule has 1 aliphatic rings. The van der Waals surface area contributed by atoms with Gasteiger partial charge in [0.15, 0.2) is 0 Å². The molecule has 0 fully saturated rings. The van der Waals surface area contributed by atoms with Gasteiger partial charge in [-0.2, -0.15) is 11.1 Å². The molecule has 0 spiro atoms. The summed E-state index contributed by atoms with van der Waals surface area (Å²) in [6, 6.07) is 9.52. The zero-order chi connectivity index (χ0) is 12.8. The van der Waals surface area contributed by atoms with Crippen molar-refractivity contribution in [1.29, 1.82) is 0 Å². The van der Waals surface area contributed by atoms with E-state index in [4.69, 9.17) is 5.11 Å². The fourth-order valence-corrected chi connectivity index (χ4v) is 1.75. The van der Waals surface area contributed by atoms with Crippen LogP contribution in [0.5, 0.6) is 0 Å². The summed E-state index contributed by atoms with van der Waals surface area (Å²) in [7, 11) is 0. The molecule has 0 saturated carbocycles. The molecule has 0 saturated heterocycles. The summed E-state index contributed by atoms with van der Waals surface area (Å²) < 4.78 is 0. The van der Waals surface area contributed by atoms with Crippen LogP contribution in [0, 0.1) is 12.0 Å². The first kappa shape index (κ1) is 24.9. The molecule has 1 atom stereocenters. The number of rotatable bonds is 1. The Morgan fingerprint density at radius 1 is 1.05 bits per heavy atom. The van der Waals surface area contributed by atoms with E-state index in [0.29, 0.717) is 5.92 Å². The second kappa shape index (κ2) is 12.7. The molecule has 0 aliphatic heterocycles. The number of benzene rings is 1. The molecule has 1 aromatic carbocycles. The molecule has 1 aromatic rings. The van der Waals surface area contributed by atoms with Crippen molar-refractivity contribution in [3.8, 4) is 0 Å². The third-order valence-electron chi connectivity index (χ3n) is 3.26. The van der Waals surface area contributed by atoms with Gasteiger partial charge < -0.3 is 5.11 Å². The van der Waals surface area contributed by atoms with Crippen LogP contribution in [0.2, 0.25) is 0 Å². The van der Waals surface area contributed by atoms with Crippen LogP contribution in [0.1, 0.15) is 33.3 Å². The Balaban J connectivity index is -0.000000252. The van der Waals surface area contributed by atoms with Crippen LogP contribution in [0.15, 0.2) is 47.1 Å². The number of allylic oxidation sites excluding steroid dienone is 4. The number of aliphatic hydroxyl groups excluding tert-OH is 1. The Morgan fingerprint density at radius 2 is 1.55 bits per heavy atom. The van der Waals surface area contributed by atoms with Crippen molar-refractivity contribution in [2.75, 3.05) is 0 Å². The third-order valence-corrected chi connectivity index (χ3v) is 3.26. The van der Waals surface area contributed by atoms with Crippen molar-refractivity contribution in [2.45, 2.75) is 34.3 Å². The summed E-state index contributed by atoms with van der Waals surface area (Å²) in [5, 5.41) is 8.54. The van der Waals surface area contributed by atoms with E-state index in [9.17, 15) is 0 Å². The average Bonchev–Trinajstić information content (AvgIpc) is 2.58. The van der Waals surface area contributed by atoms with Gasteiger partial charge in [-0.1, -0.05) is 57.0 Å². The normalized spacial score (nSPS) is 15.8. The van der Waals surface area contributed by atoms with E-state index >= 15 is 0 Å². The first-order valence-electron chi connectivity index (χ1n) is 5.99. The van der Waals surface area contributed by atoms with Crippen molar-refractivity contribution < 1.29 is 26.8 Å². The Hall–Kier alpha value is -0.0457. The van der Waals surface area contributed by atoms with E-state index in [1.807, 2.05) is 30.3 Å². The van der Waals surface area contributed by atoms with Crippen molar-refractivity contribution in [1.82, 2.24) is 0 Å². The minimum absolute atomic E-state index is 0. The SMILES string of the molecule is CC1=[C-]C(C)C(C)=C1C.Cl.Cl.OCc1ccccc1.[Ti]. The van der Waals surface area contributed by atoms with Gasteiger partial charge in [0.25, 0.3) is 0 Å². The Kier molecular flexibility index (Phi) is 15.8. The second-order valence-electron chi connectivity index (χ2n) is 4.44. The molecular weight excluding hydrogens is 327 g/mol. The summed E-state index contributed by atoms with van der Waals surface area (Å²) >= 11 is 0. The second-order valence-corrected chi connectivity index (χ2v) is 4.44. The fourth-order valence-electron chi connectivity index (χ4n) is 1.75. The third kappa shape index (κ3) is 7.66. The Bertz CT molecular complexity index is 427. The molecular formula is C16H23Cl2OTi-. The molecule has 0 radical (unpaired) electrons. The molecule has 1 unspecified atom stereocenters. The van der Waals surface area contributed by atoms with E-state index < -0.39 is 0 Å². The van der Waals surface area contributed by atoms with Crippen LogP contribution in [0.3, 0.4) is 0 Å². The largest absolute Gasteiger partial charge is 0.392 e. The maximum Gasteiger partial charge on any atom is 0.0681 e. The van der Waals surface area contributed by atoms with E-state index in [2.05, 4.69) is 33.8 Å². The van der Waals surface area contributed by atoms with Crippen molar-refractivity contribution in [3.05, 3.63) is 58.7 Å². The monoisotopic (exact) mass is 349 g/mol. The van der Waals surface area contributed by atoms with Gasteiger partial charge >= 0.3 is 0 Å². The fraction of sp³-hybridized carbons (Fsp3) is 0.375. The predicted octanol–water partition coefficient (Wildman–Crippen LogP) is 4.74. The Labute approximate surface area is 150 Å². The summed E-state index contributed by atoms with van der Waals surface area (Å²) in [5.74, 6) is 0.560. The maximum absolute atomic E-state index is 8.54. The van der Waals surface area contributed by atoms with E-state index in [-0.39, 0.29) is 53.1 Å². The van der Waals surface area contributed by atoms with Gasteiger partial charge in [-0.05, 0) is 5.56 Å². The summed E-state index contributed by atoms with van der Waals surface area (Å²) in [6.45, 7) is 8.81. The van der Waals surface area contributed by atoms with E-state index in [1.165, 1.54) is 16.7 Å². The van der Waals surface area contributed by atoms with Crippen LogP contribution in [-0.2, 0) is 28.3 Å². The van der Waals surface area contributed by atoms with Crippen molar-refractivity contribution in [2.24, 2.45) is 5.92 Å². The molecule has 0 heterocycles. The first-order chi connectivity index (χ1) is 8.06. The zero-order valence-corrected chi connectivity index (χ0v) is 15.6. The smallest absolute Gasteiger partial charge is 0.0681 e. The van der Waals surface area contributed by atoms with E-state index in [1.54, 1.807) is 0 Å². The van der Waals surface area contributed by atoms with Crippen LogP contribution >= 0.6 is 24.8 Å². The van der Waals surface area contributed by atoms with Gasteiger partial charge in [-0.25, -0.2) is 5.57 Å². The zero-order valence-electron chi connectivity index (χ0n) is 12.4.